The standard InChI is InChI=1S/C25H24Cl2N6O2/c1-15(16-3-5-17(26)6-4-16)33-23-22(29-30-33)25(14-21(34)28-23)19-13-18(27)7-8-20(19)32(24(25)35)12-11-31-9-2-10-31/h3-8,13,15H,2,9-12,14H2,1H3,(H,28,34)/t15-,25+/m0/s1. The van der Waals surface area contributed by atoms with E-state index in [1.54, 1.807) is 21.7 Å². The van der Waals surface area contributed by atoms with Gasteiger partial charge in [0.15, 0.2) is 5.82 Å². The molecule has 3 aliphatic rings. The van der Waals surface area contributed by atoms with E-state index in [0.717, 1.165) is 30.9 Å². The summed E-state index contributed by atoms with van der Waals surface area (Å²) in [4.78, 5) is 31.4. The number of nitrogens with one attached hydrogen (secondary N) is 1. The van der Waals surface area contributed by atoms with Crippen LogP contribution in [-0.4, -0.2) is 57.9 Å². The number of likely N-dealkylation sites (tertiary alicyclic amines) is 1. The van der Waals surface area contributed by atoms with E-state index in [2.05, 4.69) is 20.5 Å². The van der Waals surface area contributed by atoms with E-state index in [9.17, 15) is 9.59 Å². The Morgan fingerprint density at radius 1 is 1.06 bits per heavy atom. The average molecular weight is 511 g/mol. The molecule has 2 aromatic carbocycles. The Morgan fingerprint density at radius 2 is 1.80 bits per heavy atom. The summed E-state index contributed by atoms with van der Waals surface area (Å²) < 4.78 is 1.66. The summed E-state index contributed by atoms with van der Waals surface area (Å²) in [5, 5.41) is 13.0. The molecule has 3 aliphatic heterocycles. The van der Waals surface area contributed by atoms with E-state index in [0.29, 0.717) is 33.7 Å². The van der Waals surface area contributed by atoms with Crippen LogP contribution < -0.4 is 10.2 Å². The third-order valence-electron chi connectivity index (χ3n) is 7.41. The molecule has 8 nitrogen and oxygen atoms in total. The minimum Gasteiger partial charge on any atom is -0.310 e. The highest BCUT2D eigenvalue weighted by molar-refractivity contribution is 6.31. The summed E-state index contributed by atoms with van der Waals surface area (Å²) >= 11 is 12.5. The number of halogens is 2. The summed E-state index contributed by atoms with van der Waals surface area (Å²) in [6.45, 7) is 5.38. The largest absolute Gasteiger partial charge is 0.310 e. The van der Waals surface area contributed by atoms with E-state index in [-0.39, 0.29) is 24.3 Å². The molecule has 0 radical (unpaired) electrons. The van der Waals surface area contributed by atoms with Crippen molar-refractivity contribution < 1.29 is 9.59 Å². The van der Waals surface area contributed by atoms with E-state index >= 15 is 0 Å². The average Bonchev–Trinajstić information content (AvgIpc) is 3.32. The first-order valence-corrected chi connectivity index (χ1v) is 12.5. The van der Waals surface area contributed by atoms with Crippen molar-refractivity contribution in [3.8, 4) is 0 Å². The summed E-state index contributed by atoms with van der Waals surface area (Å²) in [5.74, 6) is 0.0263. The van der Waals surface area contributed by atoms with Crippen molar-refractivity contribution in [2.75, 3.05) is 36.4 Å². The van der Waals surface area contributed by atoms with Gasteiger partial charge in [-0.2, -0.15) is 0 Å². The van der Waals surface area contributed by atoms with Crippen molar-refractivity contribution in [2.45, 2.75) is 31.2 Å². The molecular formula is C25H24Cl2N6O2. The van der Waals surface area contributed by atoms with E-state index in [1.807, 2.05) is 37.3 Å². The smallest absolute Gasteiger partial charge is 0.244 e. The number of anilines is 2. The van der Waals surface area contributed by atoms with Crippen LogP contribution in [0.3, 0.4) is 0 Å². The van der Waals surface area contributed by atoms with Gasteiger partial charge in [0, 0.05) is 28.8 Å². The van der Waals surface area contributed by atoms with Gasteiger partial charge in [0.2, 0.25) is 11.8 Å². The Hall–Kier alpha value is -2.94. The molecule has 4 heterocycles. The first-order chi connectivity index (χ1) is 16.9. The Labute approximate surface area is 212 Å². The van der Waals surface area contributed by atoms with Crippen LogP contribution in [0.2, 0.25) is 10.0 Å². The van der Waals surface area contributed by atoms with Gasteiger partial charge in [0.1, 0.15) is 11.1 Å². The minimum absolute atomic E-state index is 0.0413. The van der Waals surface area contributed by atoms with E-state index in [4.69, 9.17) is 23.2 Å². The molecule has 0 unspecified atom stereocenters. The van der Waals surface area contributed by atoms with Crippen molar-refractivity contribution in [1.29, 1.82) is 0 Å². The van der Waals surface area contributed by atoms with Crippen molar-refractivity contribution >= 4 is 46.5 Å². The number of nitrogens with zero attached hydrogens (tertiary/aromatic N) is 5. The maximum absolute atomic E-state index is 14.2. The molecule has 1 aromatic heterocycles. The van der Waals surface area contributed by atoms with Gasteiger partial charge in [-0.15, -0.1) is 5.10 Å². The SMILES string of the molecule is C[C@@H](c1ccc(Cl)cc1)n1nnc2c1NC(=O)C[C@]21C(=O)N(CCN2CCC2)c2ccc(Cl)cc21. The number of hydrogen-bond donors (Lipinski definition) is 1. The zero-order valence-electron chi connectivity index (χ0n) is 19.2. The lowest BCUT2D eigenvalue weighted by molar-refractivity contribution is -0.126. The Bertz CT molecular complexity index is 1340. The molecule has 0 aliphatic carbocycles. The van der Waals surface area contributed by atoms with Crippen LogP contribution in [0.5, 0.6) is 0 Å². The fourth-order valence-electron chi connectivity index (χ4n) is 5.36. The maximum Gasteiger partial charge on any atom is 0.244 e. The third-order valence-corrected chi connectivity index (χ3v) is 7.90. The van der Waals surface area contributed by atoms with Crippen LogP contribution in [0.25, 0.3) is 0 Å². The summed E-state index contributed by atoms with van der Waals surface area (Å²) in [7, 11) is 0. The zero-order chi connectivity index (χ0) is 24.3. The zero-order valence-corrected chi connectivity index (χ0v) is 20.7. The van der Waals surface area contributed by atoms with E-state index < -0.39 is 5.41 Å². The number of amides is 2. The molecular weight excluding hydrogens is 487 g/mol. The van der Waals surface area contributed by atoms with Gasteiger partial charge in [0.25, 0.3) is 0 Å². The van der Waals surface area contributed by atoms with Crippen LogP contribution in [0.15, 0.2) is 42.5 Å². The molecule has 0 bridgehead atoms. The van der Waals surface area contributed by atoms with Gasteiger partial charge < -0.3 is 15.1 Å². The van der Waals surface area contributed by atoms with Crippen LogP contribution in [0, 0.1) is 0 Å². The highest BCUT2D eigenvalue weighted by Crippen LogP contribution is 2.52. The van der Waals surface area contributed by atoms with E-state index in [1.165, 1.54) is 6.42 Å². The molecule has 1 spiro atoms. The van der Waals surface area contributed by atoms with Gasteiger partial charge >= 0.3 is 0 Å². The first kappa shape index (κ1) is 22.5. The normalized spacial score (nSPS) is 22.1. The fourth-order valence-corrected chi connectivity index (χ4v) is 5.66. The molecule has 1 N–H and O–H groups in total. The number of fused-ring (bicyclic) bond motifs is 4. The van der Waals surface area contributed by atoms with Crippen LogP contribution >= 0.6 is 23.2 Å². The van der Waals surface area contributed by atoms with Gasteiger partial charge in [0.05, 0.1) is 12.5 Å². The minimum atomic E-state index is -1.26. The van der Waals surface area contributed by atoms with Gasteiger partial charge in [-0.3, -0.25) is 9.59 Å². The molecule has 1 saturated heterocycles. The van der Waals surface area contributed by atoms with Crippen LogP contribution in [0.1, 0.15) is 42.6 Å². The molecule has 10 heteroatoms. The monoisotopic (exact) mass is 510 g/mol. The molecule has 2 amide bonds. The number of aromatic nitrogens is 3. The molecule has 6 rings (SSSR count). The summed E-state index contributed by atoms with van der Waals surface area (Å²) in [6.07, 6.45) is 1.14. The van der Waals surface area contributed by atoms with Crippen molar-refractivity contribution in [2.24, 2.45) is 0 Å². The number of carbonyl (C=O) groups is 2. The van der Waals surface area contributed by atoms with Crippen molar-refractivity contribution in [3.05, 3.63) is 69.3 Å². The Morgan fingerprint density at radius 3 is 2.51 bits per heavy atom. The number of rotatable bonds is 5. The van der Waals surface area contributed by atoms with Gasteiger partial charge in [-0.1, -0.05) is 40.5 Å². The van der Waals surface area contributed by atoms with Gasteiger partial charge in [-0.05, 0) is 67.9 Å². The maximum atomic E-state index is 14.2. The number of benzene rings is 2. The van der Waals surface area contributed by atoms with Crippen LogP contribution in [0.4, 0.5) is 11.5 Å². The molecule has 35 heavy (non-hydrogen) atoms. The fraction of sp³-hybridized carbons (Fsp3) is 0.360. The molecule has 1 fully saturated rings. The summed E-state index contributed by atoms with van der Waals surface area (Å²) in [5.41, 5.74) is 1.64. The predicted molar refractivity (Wildman–Crippen MR) is 134 cm³/mol. The summed E-state index contributed by atoms with van der Waals surface area (Å²) in [6, 6.07) is 12.7. The molecule has 2 atom stereocenters. The second kappa shape index (κ2) is 8.33. The lowest BCUT2D eigenvalue weighted by atomic mass is 9.73. The second-order valence-corrected chi connectivity index (χ2v) is 10.3. The lowest BCUT2D eigenvalue weighted by Crippen LogP contribution is -2.49. The topological polar surface area (TPSA) is 83.4 Å². The van der Waals surface area contributed by atoms with Crippen molar-refractivity contribution in [1.82, 2.24) is 19.9 Å². The molecule has 0 saturated carbocycles. The Kier molecular flexibility index (Phi) is 5.36. The first-order valence-electron chi connectivity index (χ1n) is 11.7. The lowest BCUT2D eigenvalue weighted by Gasteiger charge is -2.34. The third kappa shape index (κ3) is 3.46. The molecule has 3 aromatic rings. The predicted octanol–water partition coefficient (Wildman–Crippen LogP) is 3.87. The highest BCUT2D eigenvalue weighted by Gasteiger charge is 2.58. The number of hydrogen-bond acceptors (Lipinski definition) is 5. The highest BCUT2D eigenvalue weighted by atomic mass is 35.5. The van der Waals surface area contributed by atoms with Gasteiger partial charge in [-0.25, -0.2) is 4.68 Å². The van der Waals surface area contributed by atoms with Crippen molar-refractivity contribution in [3.63, 3.8) is 0 Å². The Balaban J connectivity index is 1.46. The van der Waals surface area contributed by atoms with Crippen LogP contribution in [-0.2, 0) is 15.0 Å². The molecule has 180 valence electrons. The number of carbonyl (C=O) groups excluding carboxylic acids is 2. The second-order valence-electron chi connectivity index (χ2n) is 9.40. The quantitative estimate of drug-likeness (QED) is 0.563.